The highest BCUT2D eigenvalue weighted by Crippen LogP contribution is 2.63. The van der Waals surface area contributed by atoms with E-state index in [1.807, 2.05) is 39.0 Å². The Morgan fingerprint density at radius 1 is 1.21 bits per heavy atom. The lowest BCUT2D eigenvalue weighted by molar-refractivity contribution is -0.159. The van der Waals surface area contributed by atoms with Gasteiger partial charge in [-0.1, -0.05) is 30.4 Å². The summed E-state index contributed by atoms with van der Waals surface area (Å²) in [5.41, 5.74) is 0.622. The number of allylic oxidation sites excluding steroid dienone is 1. The van der Waals surface area contributed by atoms with Crippen molar-refractivity contribution in [1.82, 2.24) is 4.90 Å². The average Bonchev–Trinajstić information content (AvgIpc) is 3.44. The summed E-state index contributed by atoms with van der Waals surface area (Å²) in [4.78, 5) is 45.2. The van der Waals surface area contributed by atoms with Crippen LogP contribution in [0.1, 0.15) is 50.2 Å². The molecular formula is C30H40N2O6. The number of para-hydroxylation sites is 1. The summed E-state index contributed by atoms with van der Waals surface area (Å²) in [5.74, 6) is -2.61. The van der Waals surface area contributed by atoms with Crippen LogP contribution in [0.2, 0.25) is 0 Å². The molecule has 3 fully saturated rings. The topological polar surface area (TPSA) is 96.4 Å². The van der Waals surface area contributed by atoms with Crippen LogP contribution >= 0.6 is 0 Å². The lowest BCUT2D eigenvalue weighted by Gasteiger charge is -2.37. The molecule has 4 rings (SSSR count). The maximum atomic E-state index is 14.5. The zero-order chi connectivity index (χ0) is 27.7. The maximum Gasteiger partial charge on any atom is 0.312 e. The summed E-state index contributed by atoms with van der Waals surface area (Å²) in [5, 5.41) is 9.58. The Morgan fingerprint density at radius 3 is 2.55 bits per heavy atom. The van der Waals surface area contributed by atoms with E-state index >= 15 is 0 Å². The third-order valence-corrected chi connectivity index (χ3v) is 8.41. The number of unbranched alkanes of at least 4 members (excludes halogenated alkanes) is 1. The number of amides is 2. The number of aliphatic hydroxyl groups is 1. The highest BCUT2D eigenvalue weighted by atomic mass is 16.6. The van der Waals surface area contributed by atoms with Gasteiger partial charge in [-0.3, -0.25) is 14.4 Å². The molecule has 38 heavy (non-hydrogen) atoms. The van der Waals surface area contributed by atoms with Gasteiger partial charge in [-0.25, -0.2) is 0 Å². The number of aliphatic hydroxyl groups excluding tert-OH is 1. The fourth-order valence-corrected chi connectivity index (χ4v) is 6.83. The van der Waals surface area contributed by atoms with Gasteiger partial charge >= 0.3 is 5.97 Å². The Bertz CT molecular complexity index is 1100. The number of likely N-dealkylation sites (tertiary alicyclic amines) is 1. The third kappa shape index (κ3) is 4.47. The van der Waals surface area contributed by atoms with Crippen LogP contribution in [-0.4, -0.2) is 71.3 Å². The van der Waals surface area contributed by atoms with Gasteiger partial charge in [0.05, 0.1) is 18.1 Å². The van der Waals surface area contributed by atoms with Gasteiger partial charge in [0.2, 0.25) is 5.91 Å². The van der Waals surface area contributed by atoms with Crippen molar-refractivity contribution in [2.24, 2.45) is 11.8 Å². The van der Waals surface area contributed by atoms with Gasteiger partial charge in [-0.05, 0) is 64.0 Å². The molecule has 3 heterocycles. The molecule has 3 saturated heterocycles. The van der Waals surface area contributed by atoms with Gasteiger partial charge in [0.15, 0.2) is 0 Å². The zero-order valence-electron chi connectivity index (χ0n) is 22.8. The molecule has 0 aromatic heterocycles. The molecule has 0 radical (unpaired) electrons. The number of carbonyl (C=O) groups excluding carboxylic acids is 3. The molecule has 5 atom stereocenters. The Labute approximate surface area is 225 Å². The van der Waals surface area contributed by atoms with E-state index in [4.69, 9.17) is 9.47 Å². The highest BCUT2D eigenvalue weighted by molar-refractivity contribution is 6.05. The number of ether oxygens (including phenoxy) is 2. The maximum absolute atomic E-state index is 14.5. The fourth-order valence-electron chi connectivity index (χ4n) is 6.83. The summed E-state index contributed by atoms with van der Waals surface area (Å²) in [7, 11) is 0. The first-order chi connectivity index (χ1) is 18.2. The van der Waals surface area contributed by atoms with Crippen molar-refractivity contribution in [3.63, 3.8) is 0 Å². The van der Waals surface area contributed by atoms with Crippen molar-refractivity contribution in [2.75, 3.05) is 31.2 Å². The van der Waals surface area contributed by atoms with Crippen molar-refractivity contribution < 1.29 is 29.0 Å². The van der Waals surface area contributed by atoms with Crippen molar-refractivity contribution in [3.05, 3.63) is 54.6 Å². The van der Waals surface area contributed by atoms with Crippen LogP contribution in [0.4, 0.5) is 5.69 Å². The molecule has 3 aliphatic heterocycles. The molecule has 2 amide bonds. The van der Waals surface area contributed by atoms with Gasteiger partial charge in [-0.15, -0.1) is 13.2 Å². The second-order valence-electron chi connectivity index (χ2n) is 10.9. The molecule has 1 aromatic rings. The Balaban J connectivity index is 1.75. The number of anilines is 1. The normalized spacial score (nSPS) is 29.3. The standard InChI is InChI=1S/C30H40N2O6/c1-6-8-9-19-37-28(36)23-22-26(34)32(17-11-18-33)25(30(22)15-14-29(23,5)38-30)27(35)31(16-7-2)24-20(3)12-10-13-21(24)4/h6-7,10,12-13,22-23,25,33H,1-2,8-9,11,14-19H2,3-5H3/t22-,23+,25?,29-,30?/m0/s1. The van der Waals surface area contributed by atoms with E-state index in [0.717, 1.165) is 23.2 Å². The zero-order valence-corrected chi connectivity index (χ0v) is 22.8. The number of rotatable bonds is 12. The minimum absolute atomic E-state index is 0.122. The fraction of sp³-hybridized carbons (Fsp3) is 0.567. The number of nitrogens with zero attached hydrogens (tertiary/aromatic N) is 2. The predicted molar refractivity (Wildman–Crippen MR) is 144 cm³/mol. The summed E-state index contributed by atoms with van der Waals surface area (Å²) >= 11 is 0. The number of aryl methyl sites for hydroxylation is 2. The molecule has 1 aromatic carbocycles. The number of fused-ring (bicyclic) bond motifs is 1. The minimum atomic E-state index is -1.14. The Kier molecular flexibility index (Phi) is 8.14. The number of hydrogen-bond donors (Lipinski definition) is 1. The quantitative estimate of drug-likeness (QED) is 0.256. The number of hydrogen-bond acceptors (Lipinski definition) is 6. The summed E-state index contributed by atoms with van der Waals surface area (Å²) in [6.45, 7) is 13.9. The molecule has 0 aliphatic carbocycles. The van der Waals surface area contributed by atoms with E-state index in [1.165, 1.54) is 4.90 Å². The molecule has 2 bridgehead atoms. The number of carbonyl (C=O) groups is 3. The van der Waals surface area contributed by atoms with Crippen LogP contribution in [0.15, 0.2) is 43.5 Å². The second-order valence-corrected chi connectivity index (χ2v) is 10.9. The van der Waals surface area contributed by atoms with E-state index in [0.29, 0.717) is 25.7 Å². The lowest BCUT2D eigenvalue weighted by Crippen LogP contribution is -2.56. The van der Waals surface area contributed by atoms with E-state index in [1.54, 1.807) is 17.1 Å². The number of benzene rings is 1. The van der Waals surface area contributed by atoms with Crippen molar-refractivity contribution in [2.45, 2.75) is 70.1 Å². The van der Waals surface area contributed by atoms with E-state index in [9.17, 15) is 19.5 Å². The van der Waals surface area contributed by atoms with Crippen LogP contribution in [0.25, 0.3) is 0 Å². The molecule has 206 valence electrons. The summed E-state index contributed by atoms with van der Waals surface area (Å²) in [6, 6.07) is 4.92. The van der Waals surface area contributed by atoms with Gasteiger partial charge in [0, 0.05) is 25.4 Å². The number of esters is 1. The monoisotopic (exact) mass is 524 g/mol. The molecule has 8 nitrogen and oxygen atoms in total. The Hall–Kier alpha value is -2.97. The van der Waals surface area contributed by atoms with Crippen molar-refractivity contribution in [3.8, 4) is 0 Å². The first-order valence-corrected chi connectivity index (χ1v) is 13.5. The molecule has 0 saturated carbocycles. The van der Waals surface area contributed by atoms with Gasteiger partial charge in [0.1, 0.15) is 17.6 Å². The summed E-state index contributed by atoms with van der Waals surface area (Å²) in [6.07, 6.45) is 6.17. The lowest BCUT2D eigenvalue weighted by atomic mass is 9.66. The largest absolute Gasteiger partial charge is 0.465 e. The van der Waals surface area contributed by atoms with E-state index in [2.05, 4.69) is 13.2 Å². The smallest absolute Gasteiger partial charge is 0.312 e. The van der Waals surface area contributed by atoms with Gasteiger partial charge in [-0.2, -0.15) is 0 Å². The van der Waals surface area contributed by atoms with Crippen LogP contribution < -0.4 is 4.90 Å². The Morgan fingerprint density at radius 2 is 1.92 bits per heavy atom. The highest BCUT2D eigenvalue weighted by Gasteiger charge is 2.78. The average molecular weight is 525 g/mol. The molecule has 1 N–H and O–H groups in total. The minimum Gasteiger partial charge on any atom is -0.465 e. The molecule has 2 unspecified atom stereocenters. The van der Waals surface area contributed by atoms with E-state index in [-0.39, 0.29) is 38.1 Å². The summed E-state index contributed by atoms with van der Waals surface area (Å²) < 4.78 is 12.3. The van der Waals surface area contributed by atoms with Gasteiger partial charge in [0.25, 0.3) is 5.91 Å². The van der Waals surface area contributed by atoms with Gasteiger partial charge < -0.3 is 24.4 Å². The third-order valence-electron chi connectivity index (χ3n) is 8.41. The van der Waals surface area contributed by atoms with Crippen LogP contribution in [0, 0.1) is 25.7 Å². The predicted octanol–water partition coefficient (Wildman–Crippen LogP) is 3.48. The van der Waals surface area contributed by atoms with Crippen LogP contribution in [0.3, 0.4) is 0 Å². The van der Waals surface area contributed by atoms with Crippen molar-refractivity contribution >= 4 is 23.5 Å². The van der Waals surface area contributed by atoms with Crippen molar-refractivity contribution in [1.29, 1.82) is 0 Å². The second kappa shape index (κ2) is 11.0. The molecule has 1 spiro atoms. The first-order valence-electron chi connectivity index (χ1n) is 13.5. The van der Waals surface area contributed by atoms with E-state index < -0.39 is 35.0 Å². The molecular weight excluding hydrogens is 484 g/mol. The molecule has 8 heteroatoms. The van der Waals surface area contributed by atoms with Crippen LogP contribution in [-0.2, 0) is 23.9 Å². The molecule has 3 aliphatic rings. The van der Waals surface area contributed by atoms with Crippen LogP contribution in [0.5, 0.6) is 0 Å². The first kappa shape index (κ1) is 28.0. The SMILES string of the molecule is C=CCCCOC(=O)[C@H]1[C@H]2C(=O)N(CCCO)C(C(=O)N(CC=C)c3c(C)cccc3C)C23CC[C@]1(C)O3.